The van der Waals surface area contributed by atoms with E-state index in [1.165, 1.54) is 33.4 Å². The lowest BCUT2D eigenvalue weighted by atomic mass is 9.70. The number of aromatic hydroxyl groups is 1. The molecule has 1 heterocycles. The van der Waals surface area contributed by atoms with Crippen LogP contribution in [0.15, 0.2) is 84.9 Å². The van der Waals surface area contributed by atoms with Crippen LogP contribution in [0.5, 0.6) is 11.5 Å². The van der Waals surface area contributed by atoms with Crippen LogP contribution in [0.3, 0.4) is 0 Å². The summed E-state index contributed by atoms with van der Waals surface area (Å²) in [7, 11) is 0. The van der Waals surface area contributed by atoms with Crippen molar-refractivity contribution in [1.29, 1.82) is 0 Å². The van der Waals surface area contributed by atoms with Gasteiger partial charge in [-0.1, -0.05) is 166 Å². The molecular formula is C61H86O6. The summed E-state index contributed by atoms with van der Waals surface area (Å²) < 4.78 is 11.3. The smallest absolute Gasteiger partial charge is 0.306 e. The molecule has 0 saturated carbocycles. The standard InChI is InChI=1S/C33H46O4.C28H40O2/c1-7-11-19-32(35,8-2)20-18-26-12-13-27(21-24(26)5)33(9-3,10-4)28-14-16-30(25(6)22-28)36-23-29-15-17-31(34)37-29;1-7-11-17-27(30,8-2)18-16-23-12-13-24(19-21(23)5)28(9-3,10-4)25-14-15-26(29)22(6)20-25/h12-14,16,18,20-22,29,35H,7-11,15,17,19,23H2,1-6H3;12-16,18-20,29-30H,7-11,17H2,1-6H3/b20-18+;18-16+/t29-,32?;/m0./s1. The molecule has 6 heteroatoms. The van der Waals surface area contributed by atoms with Crippen LogP contribution in [0, 0.1) is 27.7 Å². The van der Waals surface area contributed by atoms with Crippen molar-refractivity contribution >= 4 is 18.1 Å². The average molecular weight is 915 g/mol. The minimum atomic E-state index is -0.738. The normalized spacial score (nSPS) is 16.1. The number of phenols is 1. The average Bonchev–Trinajstić information content (AvgIpc) is 3.76. The first-order valence-corrected chi connectivity index (χ1v) is 25.7. The SMILES string of the molecule is CCCCC(O)(/C=C/c1ccc(C(CC)(CC)c2ccc(O)c(C)c2)cc1C)CC.CCCCC(O)(/C=C/c1ccc(C(CC)(CC)c2ccc(OC[C@@H]3CCC(=O)O3)c(C)c2)cc1C)CC. The molecule has 1 saturated heterocycles. The van der Waals surface area contributed by atoms with Crippen molar-refractivity contribution in [1.82, 2.24) is 0 Å². The summed E-state index contributed by atoms with van der Waals surface area (Å²) in [6.07, 6.45) is 20.5. The second-order valence-corrected chi connectivity index (χ2v) is 19.5. The van der Waals surface area contributed by atoms with Gasteiger partial charge in [-0.15, -0.1) is 0 Å². The number of esters is 1. The highest BCUT2D eigenvalue weighted by atomic mass is 16.6. The van der Waals surface area contributed by atoms with Gasteiger partial charge in [-0.3, -0.25) is 4.79 Å². The number of aliphatic hydroxyl groups is 2. The molecule has 3 atom stereocenters. The summed E-state index contributed by atoms with van der Waals surface area (Å²) in [4.78, 5) is 11.4. The number of benzene rings is 4. The largest absolute Gasteiger partial charge is 0.508 e. The number of hydrogen-bond donors (Lipinski definition) is 3. The number of ether oxygens (including phenoxy) is 2. The lowest BCUT2D eigenvalue weighted by Gasteiger charge is -2.34. The quantitative estimate of drug-likeness (QED) is 0.0642. The number of phenolic OH excluding ortho intramolecular Hbond substituents is 1. The molecule has 0 spiro atoms. The van der Waals surface area contributed by atoms with E-state index < -0.39 is 11.2 Å². The molecule has 0 bridgehead atoms. The minimum Gasteiger partial charge on any atom is -0.508 e. The second kappa shape index (κ2) is 25.1. The molecule has 5 rings (SSSR count). The van der Waals surface area contributed by atoms with Crippen molar-refractivity contribution in [3.05, 3.63) is 141 Å². The van der Waals surface area contributed by atoms with Crippen molar-refractivity contribution < 1.29 is 29.6 Å². The Labute approximate surface area is 405 Å². The van der Waals surface area contributed by atoms with Crippen LogP contribution in [-0.2, 0) is 20.4 Å². The van der Waals surface area contributed by atoms with Gasteiger partial charge in [-0.05, 0) is 153 Å². The summed E-state index contributed by atoms with van der Waals surface area (Å²) in [5, 5.41) is 31.8. The van der Waals surface area contributed by atoms with Gasteiger partial charge in [0, 0.05) is 17.3 Å². The Kier molecular flexibility index (Phi) is 20.6. The second-order valence-electron chi connectivity index (χ2n) is 19.5. The maximum Gasteiger partial charge on any atom is 0.306 e. The molecule has 4 aromatic carbocycles. The molecule has 3 N–H and O–H groups in total. The Morgan fingerprint density at radius 3 is 1.36 bits per heavy atom. The molecule has 67 heavy (non-hydrogen) atoms. The number of unbranched alkanes of at least 4 members (excludes halogenated alkanes) is 2. The zero-order valence-electron chi connectivity index (χ0n) is 43.5. The Morgan fingerprint density at radius 1 is 0.582 bits per heavy atom. The third-order valence-electron chi connectivity index (χ3n) is 15.2. The summed E-state index contributed by atoms with van der Waals surface area (Å²) in [5.74, 6) is 1.06. The van der Waals surface area contributed by atoms with E-state index in [1.807, 2.05) is 32.1 Å². The van der Waals surface area contributed by atoms with E-state index in [4.69, 9.17) is 9.47 Å². The Hall–Kier alpha value is -4.65. The molecule has 0 radical (unpaired) electrons. The fourth-order valence-electron chi connectivity index (χ4n) is 9.94. The van der Waals surface area contributed by atoms with Crippen LogP contribution in [0.2, 0.25) is 0 Å². The van der Waals surface area contributed by atoms with Crippen LogP contribution < -0.4 is 4.74 Å². The van der Waals surface area contributed by atoms with E-state index in [-0.39, 0.29) is 22.9 Å². The van der Waals surface area contributed by atoms with Crippen LogP contribution in [0.1, 0.15) is 201 Å². The van der Waals surface area contributed by atoms with Gasteiger partial charge in [0.15, 0.2) is 0 Å². The van der Waals surface area contributed by atoms with E-state index in [1.54, 1.807) is 0 Å². The van der Waals surface area contributed by atoms with Gasteiger partial charge in [-0.25, -0.2) is 0 Å². The highest BCUT2D eigenvalue weighted by molar-refractivity contribution is 5.71. The zero-order chi connectivity index (χ0) is 49.4. The molecule has 2 unspecified atom stereocenters. The van der Waals surface area contributed by atoms with E-state index in [0.717, 1.165) is 111 Å². The lowest BCUT2D eigenvalue weighted by molar-refractivity contribution is -0.142. The van der Waals surface area contributed by atoms with Crippen molar-refractivity contribution in [3.8, 4) is 11.5 Å². The molecule has 0 aromatic heterocycles. The third kappa shape index (κ3) is 13.8. The van der Waals surface area contributed by atoms with Gasteiger partial charge in [0.2, 0.25) is 0 Å². The monoisotopic (exact) mass is 915 g/mol. The predicted molar refractivity (Wildman–Crippen MR) is 281 cm³/mol. The van der Waals surface area contributed by atoms with Crippen molar-refractivity contribution in [2.45, 2.75) is 201 Å². The van der Waals surface area contributed by atoms with Gasteiger partial charge in [-0.2, -0.15) is 0 Å². The van der Waals surface area contributed by atoms with Crippen molar-refractivity contribution in [3.63, 3.8) is 0 Å². The van der Waals surface area contributed by atoms with E-state index >= 15 is 0 Å². The maximum atomic E-state index is 11.4. The Balaban J connectivity index is 0.000000299. The molecule has 0 amide bonds. The molecule has 6 nitrogen and oxygen atoms in total. The third-order valence-corrected chi connectivity index (χ3v) is 15.2. The molecule has 4 aromatic rings. The minimum absolute atomic E-state index is 0.0727. The van der Waals surface area contributed by atoms with Crippen LogP contribution in [-0.4, -0.2) is 45.2 Å². The van der Waals surface area contributed by atoms with E-state index in [9.17, 15) is 20.1 Å². The molecule has 1 aliphatic rings. The fraction of sp³-hybridized carbons (Fsp3) is 0.525. The topological polar surface area (TPSA) is 96.2 Å². The molecule has 0 aliphatic carbocycles. The molecule has 1 aliphatic heterocycles. The number of rotatable bonds is 23. The highest BCUT2D eigenvalue weighted by Crippen LogP contribution is 2.43. The first-order valence-electron chi connectivity index (χ1n) is 25.7. The van der Waals surface area contributed by atoms with E-state index in [0.29, 0.717) is 18.8 Å². The van der Waals surface area contributed by atoms with Gasteiger partial charge >= 0.3 is 5.97 Å². The lowest BCUT2D eigenvalue weighted by Crippen LogP contribution is -2.26. The number of aryl methyl sites for hydroxylation is 4. The molecular weight excluding hydrogens is 829 g/mol. The summed E-state index contributed by atoms with van der Waals surface area (Å²) >= 11 is 0. The van der Waals surface area contributed by atoms with Gasteiger partial charge in [0.05, 0.1) is 11.2 Å². The number of hydrogen-bond acceptors (Lipinski definition) is 6. The maximum absolute atomic E-state index is 11.4. The van der Waals surface area contributed by atoms with Gasteiger partial charge in [0.1, 0.15) is 24.2 Å². The van der Waals surface area contributed by atoms with Gasteiger partial charge in [0.25, 0.3) is 0 Å². The van der Waals surface area contributed by atoms with E-state index in [2.05, 4.69) is 148 Å². The number of cyclic esters (lactones) is 1. The van der Waals surface area contributed by atoms with Crippen LogP contribution in [0.4, 0.5) is 0 Å². The predicted octanol–water partition coefficient (Wildman–Crippen LogP) is 15.3. The van der Waals surface area contributed by atoms with Crippen molar-refractivity contribution in [2.75, 3.05) is 6.61 Å². The first-order chi connectivity index (χ1) is 31.9. The Bertz CT molecular complexity index is 2260. The molecule has 1 fully saturated rings. The zero-order valence-corrected chi connectivity index (χ0v) is 43.5. The molecule has 366 valence electrons. The van der Waals surface area contributed by atoms with Crippen molar-refractivity contribution in [2.24, 2.45) is 0 Å². The number of carbonyl (C=O) groups is 1. The Morgan fingerprint density at radius 2 is 1.00 bits per heavy atom. The summed E-state index contributed by atoms with van der Waals surface area (Å²) in [6, 6.07) is 26.0. The van der Waals surface area contributed by atoms with Gasteiger partial charge < -0.3 is 24.8 Å². The van der Waals surface area contributed by atoms with Crippen LogP contribution in [0.25, 0.3) is 12.2 Å². The summed E-state index contributed by atoms with van der Waals surface area (Å²) in [6.45, 7) is 26.2. The number of carbonyl (C=O) groups excluding carboxylic acids is 1. The first kappa shape index (κ1) is 55.0. The van der Waals surface area contributed by atoms with Crippen LogP contribution >= 0.6 is 0 Å². The highest BCUT2D eigenvalue weighted by Gasteiger charge is 2.33. The summed E-state index contributed by atoms with van der Waals surface area (Å²) in [5.41, 5.74) is 10.3. The fourth-order valence-corrected chi connectivity index (χ4v) is 9.94.